The maximum absolute atomic E-state index is 12.3. The van der Waals surface area contributed by atoms with Gasteiger partial charge in [-0.2, -0.15) is 0 Å². The summed E-state index contributed by atoms with van der Waals surface area (Å²) in [7, 11) is 0. The van der Waals surface area contributed by atoms with Gasteiger partial charge in [0.05, 0.1) is 9.21 Å². The van der Waals surface area contributed by atoms with Crippen molar-refractivity contribution in [3.05, 3.63) is 21.3 Å². The minimum Gasteiger partial charge on any atom is -0.338 e. The molecule has 2 aliphatic rings. The van der Waals surface area contributed by atoms with E-state index in [0.717, 1.165) is 55.7 Å². The molecule has 2 fully saturated rings. The molecule has 3 nitrogen and oxygen atoms in total. The molecule has 0 saturated carbocycles. The van der Waals surface area contributed by atoms with E-state index in [1.54, 1.807) is 6.07 Å². The molecule has 0 spiro atoms. The molecule has 106 valence electrons. The normalized spacial score (nSPS) is 26.5. The van der Waals surface area contributed by atoms with E-state index < -0.39 is 0 Å². The van der Waals surface area contributed by atoms with Crippen molar-refractivity contribution in [1.82, 2.24) is 10.2 Å². The van der Waals surface area contributed by atoms with Crippen molar-refractivity contribution in [1.29, 1.82) is 0 Å². The summed E-state index contributed by atoms with van der Waals surface area (Å²) in [6, 6.07) is 3.64. The highest BCUT2D eigenvalue weighted by molar-refractivity contribution is 7.17. The Morgan fingerprint density at radius 3 is 2.42 bits per heavy atom. The number of nitrogens with one attached hydrogen (secondary N) is 1. The summed E-state index contributed by atoms with van der Waals surface area (Å²) in [4.78, 5) is 15.1. The van der Waals surface area contributed by atoms with Crippen molar-refractivity contribution >= 4 is 41.3 Å². The van der Waals surface area contributed by atoms with Crippen LogP contribution in [0.15, 0.2) is 12.1 Å². The van der Waals surface area contributed by atoms with Gasteiger partial charge in [0.25, 0.3) is 5.91 Å². The van der Waals surface area contributed by atoms with Crippen LogP contribution in [0, 0.1) is 11.8 Å². The van der Waals surface area contributed by atoms with E-state index in [1.165, 1.54) is 11.3 Å². The fraction of sp³-hybridized carbons (Fsp3) is 0.615. The van der Waals surface area contributed by atoms with Crippen LogP contribution in [-0.4, -0.2) is 37.0 Å². The van der Waals surface area contributed by atoms with Gasteiger partial charge in [-0.25, -0.2) is 0 Å². The zero-order valence-corrected chi connectivity index (χ0v) is 13.0. The molecule has 6 heteroatoms. The van der Waals surface area contributed by atoms with Gasteiger partial charge >= 0.3 is 0 Å². The Hall–Kier alpha value is -0.290. The third-order valence-corrected chi connectivity index (χ3v) is 5.31. The molecule has 1 N–H and O–H groups in total. The predicted molar refractivity (Wildman–Crippen MR) is 81.6 cm³/mol. The Labute approximate surface area is 128 Å². The monoisotopic (exact) mass is 320 g/mol. The Kier molecular flexibility index (Phi) is 5.12. The Morgan fingerprint density at radius 2 is 1.89 bits per heavy atom. The molecule has 0 aromatic carbocycles. The molecule has 3 heterocycles. The lowest BCUT2D eigenvalue weighted by molar-refractivity contribution is 0.0763. The molecule has 0 bridgehead atoms. The first kappa shape index (κ1) is 15.1. The lowest BCUT2D eigenvalue weighted by Gasteiger charge is -2.20. The zero-order chi connectivity index (χ0) is 12.5. The largest absolute Gasteiger partial charge is 0.338 e. The molecular weight excluding hydrogens is 303 g/mol. The van der Waals surface area contributed by atoms with Crippen molar-refractivity contribution in [2.75, 3.05) is 26.2 Å². The predicted octanol–water partition coefficient (Wildman–Crippen LogP) is 2.89. The van der Waals surface area contributed by atoms with E-state index in [9.17, 15) is 4.79 Å². The minimum atomic E-state index is 0. The summed E-state index contributed by atoms with van der Waals surface area (Å²) in [5, 5.41) is 3.45. The maximum Gasteiger partial charge on any atom is 0.263 e. The molecule has 2 saturated heterocycles. The molecule has 0 radical (unpaired) electrons. The Morgan fingerprint density at radius 1 is 1.26 bits per heavy atom. The van der Waals surface area contributed by atoms with Crippen LogP contribution in [-0.2, 0) is 0 Å². The van der Waals surface area contributed by atoms with E-state index in [-0.39, 0.29) is 18.3 Å². The van der Waals surface area contributed by atoms with Crippen molar-refractivity contribution < 1.29 is 4.79 Å². The van der Waals surface area contributed by atoms with Gasteiger partial charge in [0.1, 0.15) is 0 Å². The van der Waals surface area contributed by atoms with Gasteiger partial charge in [-0.05, 0) is 49.9 Å². The van der Waals surface area contributed by atoms with Crippen molar-refractivity contribution in [2.24, 2.45) is 11.8 Å². The minimum absolute atomic E-state index is 0. The number of carbonyl (C=O) groups is 1. The van der Waals surface area contributed by atoms with E-state index in [0.29, 0.717) is 4.34 Å². The molecule has 2 atom stereocenters. The summed E-state index contributed by atoms with van der Waals surface area (Å²) in [5.74, 6) is 1.67. The lowest BCUT2D eigenvalue weighted by Crippen LogP contribution is -2.32. The fourth-order valence-electron chi connectivity index (χ4n) is 3.01. The van der Waals surface area contributed by atoms with Crippen LogP contribution in [0.1, 0.15) is 22.5 Å². The van der Waals surface area contributed by atoms with Gasteiger partial charge in [-0.15, -0.1) is 23.7 Å². The first-order valence-corrected chi connectivity index (χ1v) is 7.69. The number of amides is 1. The SMILES string of the molecule is Cl.O=C(c1ccc(Cl)s1)N1CC[C@@H]2CNC[C@@H]2CC1. The van der Waals surface area contributed by atoms with E-state index in [2.05, 4.69) is 5.32 Å². The highest BCUT2D eigenvalue weighted by atomic mass is 35.5. The zero-order valence-electron chi connectivity index (χ0n) is 10.6. The first-order chi connectivity index (χ1) is 8.74. The third kappa shape index (κ3) is 3.24. The molecule has 0 aliphatic carbocycles. The number of likely N-dealkylation sites (tertiary alicyclic amines) is 1. The second kappa shape index (κ2) is 6.44. The van der Waals surface area contributed by atoms with Gasteiger partial charge in [0.2, 0.25) is 0 Å². The summed E-state index contributed by atoms with van der Waals surface area (Å²) in [6.45, 7) is 4.02. The summed E-state index contributed by atoms with van der Waals surface area (Å²) in [5.41, 5.74) is 0. The van der Waals surface area contributed by atoms with Crippen molar-refractivity contribution in [3.8, 4) is 0 Å². The van der Waals surface area contributed by atoms with Gasteiger partial charge < -0.3 is 10.2 Å². The molecule has 1 aromatic rings. The maximum atomic E-state index is 12.3. The number of carbonyl (C=O) groups excluding carboxylic acids is 1. The van der Waals surface area contributed by atoms with Crippen LogP contribution in [0.4, 0.5) is 0 Å². The summed E-state index contributed by atoms with van der Waals surface area (Å²) in [6.07, 6.45) is 2.25. The van der Waals surface area contributed by atoms with Gasteiger partial charge in [0, 0.05) is 13.1 Å². The standard InChI is InChI=1S/C13H17ClN2OS.ClH/c14-12-2-1-11(18-12)13(17)16-5-3-9-7-15-8-10(9)4-6-16;/h1-2,9-10,15H,3-8H2;1H/t9-,10+;. The van der Waals surface area contributed by atoms with E-state index in [4.69, 9.17) is 11.6 Å². The lowest BCUT2D eigenvalue weighted by atomic mass is 9.92. The highest BCUT2D eigenvalue weighted by Crippen LogP contribution is 2.29. The van der Waals surface area contributed by atoms with Crippen LogP contribution in [0.25, 0.3) is 0 Å². The van der Waals surface area contributed by atoms with Crippen molar-refractivity contribution in [2.45, 2.75) is 12.8 Å². The summed E-state index contributed by atoms with van der Waals surface area (Å²) >= 11 is 7.27. The number of nitrogens with zero attached hydrogens (tertiary/aromatic N) is 1. The molecule has 0 unspecified atom stereocenters. The van der Waals surface area contributed by atoms with Crippen LogP contribution in [0.5, 0.6) is 0 Å². The van der Waals surface area contributed by atoms with Crippen LogP contribution in [0.3, 0.4) is 0 Å². The van der Waals surface area contributed by atoms with Crippen LogP contribution < -0.4 is 5.32 Å². The number of halogens is 2. The van der Waals surface area contributed by atoms with Gasteiger partial charge in [0.15, 0.2) is 0 Å². The first-order valence-electron chi connectivity index (χ1n) is 6.49. The molecule has 1 aromatic heterocycles. The number of rotatable bonds is 1. The Balaban J connectivity index is 0.00000133. The second-order valence-electron chi connectivity index (χ2n) is 5.15. The third-order valence-electron chi connectivity index (χ3n) is 4.09. The molecule has 1 amide bonds. The smallest absolute Gasteiger partial charge is 0.263 e. The molecule has 19 heavy (non-hydrogen) atoms. The topological polar surface area (TPSA) is 32.3 Å². The van der Waals surface area contributed by atoms with E-state index in [1.807, 2.05) is 11.0 Å². The summed E-state index contributed by atoms with van der Waals surface area (Å²) < 4.78 is 0.689. The van der Waals surface area contributed by atoms with Crippen LogP contribution in [0.2, 0.25) is 4.34 Å². The number of fused-ring (bicyclic) bond motifs is 1. The van der Waals surface area contributed by atoms with Crippen LogP contribution >= 0.6 is 35.3 Å². The average molecular weight is 321 g/mol. The average Bonchev–Trinajstić information content (AvgIpc) is 2.94. The van der Waals surface area contributed by atoms with Crippen molar-refractivity contribution in [3.63, 3.8) is 0 Å². The van der Waals surface area contributed by atoms with Gasteiger partial charge in [-0.3, -0.25) is 4.79 Å². The van der Waals surface area contributed by atoms with E-state index >= 15 is 0 Å². The highest BCUT2D eigenvalue weighted by Gasteiger charge is 2.31. The molecule has 3 rings (SSSR count). The Bertz CT molecular complexity index is 438. The second-order valence-corrected chi connectivity index (χ2v) is 6.87. The van der Waals surface area contributed by atoms with Gasteiger partial charge in [-0.1, -0.05) is 11.6 Å². The number of hydrogen-bond acceptors (Lipinski definition) is 3. The number of hydrogen-bond donors (Lipinski definition) is 1. The number of thiophene rings is 1. The molecule has 2 aliphatic heterocycles. The molecular formula is C13H18Cl2N2OS. The quantitative estimate of drug-likeness (QED) is 0.863. The fourth-order valence-corrected chi connectivity index (χ4v) is 4.02.